The van der Waals surface area contributed by atoms with Crippen molar-refractivity contribution < 1.29 is 9.59 Å². The number of hydrogen-bond donors (Lipinski definition) is 1. The molecule has 8 heteroatoms. The number of carbonyl (C=O) groups excluding carboxylic acids is 2. The molecule has 0 radical (unpaired) electrons. The van der Waals surface area contributed by atoms with Crippen molar-refractivity contribution in [3.63, 3.8) is 0 Å². The topological polar surface area (TPSA) is 62.3 Å². The van der Waals surface area contributed by atoms with Crippen LogP contribution in [0.4, 0.5) is 0 Å². The van der Waals surface area contributed by atoms with Crippen LogP contribution in [0.3, 0.4) is 0 Å². The Labute approximate surface area is 143 Å². The standard InChI is InChI=1S/C14H17Cl2N3O2S/c1-14(2,3)18-12(20)9-6-22-7-19(9)13(21)11-8(15)4-5-10(16)17-11/h4-5,9H,6-7H2,1-3H3,(H,18,20)/t9-/m1/s1. The minimum absolute atomic E-state index is 0.0743. The SMILES string of the molecule is CC(C)(C)NC(=O)[C@H]1CSCN1C(=O)c1nc(Cl)ccc1Cl. The molecule has 1 aliphatic rings. The number of amides is 2. The Hall–Kier alpha value is -0.980. The number of pyridine rings is 1. The molecule has 2 amide bonds. The van der Waals surface area contributed by atoms with E-state index in [4.69, 9.17) is 23.2 Å². The molecule has 22 heavy (non-hydrogen) atoms. The summed E-state index contributed by atoms with van der Waals surface area (Å²) in [5.41, 5.74) is -0.282. The lowest BCUT2D eigenvalue weighted by atomic mass is 10.1. The summed E-state index contributed by atoms with van der Waals surface area (Å²) in [6, 6.07) is 2.51. The highest BCUT2D eigenvalue weighted by Gasteiger charge is 2.37. The number of nitrogens with zero attached hydrogens (tertiary/aromatic N) is 2. The maximum absolute atomic E-state index is 12.6. The van der Waals surface area contributed by atoms with E-state index in [2.05, 4.69) is 10.3 Å². The molecular weight excluding hydrogens is 345 g/mol. The van der Waals surface area contributed by atoms with Gasteiger partial charge in [-0.2, -0.15) is 0 Å². The number of aromatic nitrogens is 1. The molecule has 0 saturated carbocycles. The average molecular weight is 362 g/mol. The molecule has 0 spiro atoms. The Morgan fingerprint density at radius 3 is 2.68 bits per heavy atom. The minimum Gasteiger partial charge on any atom is -0.350 e. The van der Waals surface area contributed by atoms with E-state index in [0.29, 0.717) is 11.6 Å². The molecule has 1 fully saturated rings. The molecule has 2 rings (SSSR count). The average Bonchev–Trinajstić information content (AvgIpc) is 2.88. The van der Waals surface area contributed by atoms with Crippen LogP contribution in [0.5, 0.6) is 0 Å². The second-order valence-electron chi connectivity index (χ2n) is 5.99. The molecule has 0 unspecified atom stereocenters. The molecule has 1 N–H and O–H groups in total. The third-order valence-corrected chi connectivity index (χ3v) is 4.49. The summed E-state index contributed by atoms with van der Waals surface area (Å²) >= 11 is 13.4. The summed E-state index contributed by atoms with van der Waals surface area (Å²) in [5, 5.41) is 3.31. The lowest BCUT2D eigenvalue weighted by molar-refractivity contribution is -0.125. The molecule has 0 aliphatic carbocycles. The monoisotopic (exact) mass is 361 g/mol. The molecule has 0 bridgehead atoms. The summed E-state index contributed by atoms with van der Waals surface area (Å²) < 4.78 is 0. The molecular formula is C14H17Cl2N3O2S. The summed E-state index contributed by atoms with van der Waals surface area (Å²) in [6.45, 7) is 5.69. The van der Waals surface area contributed by atoms with Crippen molar-refractivity contribution in [2.24, 2.45) is 0 Å². The van der Waals surface area contributed by atoms with Crippen molar-refractivity contribution in [1.29, 1.82) is 0 Å². The lowest BCUT2D eigenvalue weighted by Gasteiger charge is -2.27. The lowest BCUT2D eigenvalue weighted by Crippen LogP contribution is -2.52. The van der Waals surface area contributed by atoms with Crippen LogP contribution in [-0.2, 0) is 4.79 Å². The maximum atomic E-state index is 12.6. The largest absolute Gasteiger partial charge is 0.350 e. The van der Waals surface area contributed by atoms with Gasteiger partial charge in [-0.3, -0.25) is 9.59 Å². The Balaban J connectivity index is 2.21. The molecule has 1 aromatic rings. The fourth-order valence-corrected chi connectivity index (χ4v) is 3.50. The van der Waals surface area contributed by atoms with Crippen molar-refractivity contribution in [1.82, 2.24) is 15.2 Å². The third kappa shape index (κ3) is 4.06. The predicted molar refractivity (Wildman–Crippen MR) is 89.4 cm³/mol. The first-order valence-corrected chi connectivity index (χ1v) is 8.63. The van der Waals surface area contributed by atoms with Gasteiger partial charge in [0.2, 0.25) is 5.91 Å². The first-order chi connectivity index (χ1) is 10.2. The predicted octanol–water partition coefficient (Wildman–Crippen LogP) is 2.82. The smallest absolute Gasteiger partial charge is 0.275 e. The number of thioether (sulfide) groups is 1. The van der Waals surface area contributed by atoms with Gasteiger partial charge in [-0.25, -0.2) is 4.98 Å². The van der Waals surface area contributed by atoms with E-state index >= 15 is 0 Å². The van der Waals surface area contributed by atoms with E-state index in [1.807, 2.05) is 20.8 Å². The highest BCUT2D eigenvalue weighted by atomic mass is 35.5. The zero-order valence-corrected chi connectivity index (χ0v) is 14.8. The first-order valence-electron chi connectivity index (χ1n) is 6.72. The summed E-state index contributed by atoms with van der Waals surface area (Å²) in [6.07, 6.45) is 0. The van der Waals surface area contributed by atoms with Crippen LogP contribution < -0.4 is 5.32 Å². The Morgan fingerprint density at radius 2 is 2.05 bits per heavy atom. The van der Waals surface area contributed by atoms with E-state index in [1.165, 1.54) is 28.8 Å². The van der Waals surface area contributed by atoms with E-state index in [1.54, 1.807) is 0 Å². The van der Waals surface area contributed by atoms with E-state index < -0.39 is 6.04 Å². The number of nitrogens with one attached hydrogen (secondary N) is 1. The van der Waals surface area contributed by atoms with Crippen LogP contribution in [0.1, 0.15) is 31.3 Å². The third-order valence-electron chi connectivity index (χ3n) is 2.96. The van der Waals surface area contributed by atoms with Gasteiger partial charge in [0.25, 0.3) is 5.91 Å². The van der Waals surface area contributed by atoms with Gasteiger partial charge in [0, 0.05) is 11.3 Å². The highest BCUT2D eigenvalue weighted by molar-refractivity contribution is 7.99. The Morgan fingerprint density at radius 1 is 1.36 bits per heavy atom. The van der Waals surface area contributed by atoms with Gasteiger partial charge in [0.05, 0.1) is 10.9 Å². The molecule has 1 saturated heterocycles. The van der Waals surface area contributed by atoms with Gasteiger partial charge in [0.1, 0.15) is 16.9 Å². The van der Waals surface area contributed by atoms with Crippen molar-refractivity contribution in [3.8, 4) is 0 Å². The second-order valence-corrected chi connectivity index (χ2v) is 7.79. The second kappa shape index (κ2) is 6.64. The molecule has 1 aromatic heterocycles. The van der Waals surface area contributed by atoms with Gasteiger partial charge in [-0.15, -0.1) is 11.8 Å². The van der Waals surface area contributed by atoms with Gasteiger partial charge < -0.3 is 10.2 Å². The normalized spacial score (nSPS) is 18.4. The summed E-state index contributed by atoms with van der Waals surface area (Å²) in [7, 11) is 0. The van der Waals surface area contributed by atoms with Crippen LogP contribution in [0.15, 0.2) is 12.1 Å². The van der Waals surface area contributed by atoms with Crippen molar-refractivity contribution in [2.45, 2.75) is 32.4 Å². The van der Waals surface area contributed by atoms with Crippen LogP contribution in [0.2, 0.25) is 10.2 Å². The van der Waals surface area contributed by atoms with Gasteiger partial charge >= 0.3 is 0 Å². The summed E-state index contributed by atoms with van der Waals surface area (Å²) in [4.78, 5) is 30.5. The molecule has 2 heterocycles. The van der Waals surface area contributed by atoms with E-state index in [9.17, 15) is 9.59 Å². The fraction of sp³-hybridized carbons (Fsp3) is 0.500. The van der Waals surface area contributed by atoms with Crippen LogP contribution in [0.25, 0.3) is 0 Å². The quantitative estimate of drug-likeness (QED) is 0.822. The maximum Gasteiger partial charge on any atom is 0.275 e. The molecule has 1 aliphatic heterocycles. The van der Waals surface area contributed by atoms with E-state index in [0.717, 1.165) is 0 Å². The molecule has 0 aromatic carbocycles. The van der Waals surface area contributed by atoms with Crippen molar-refractivity contribution in [2.75, 3.05) is 11.6 Å². The summed E-state index contributed by atoms with van der Waals surface area (Å²) in [5.74, 6) is 0.410. The van der Waals surface area contributed by atoms with Crippen LogP contribution in [-0.4, -0.2) is 44.9 Å². The number of hydrogen-bond acceptors (Lipinski definition) is 4. The van der Waals surface area contributed by atoms with Crippen LogP contribution >= 0.6 is 35.0 Å². The minimum atomic E-state index is -0.534. The number of halogens is 2. The first kappa shape index (κ1) is 17.4. The number of rotatable bonds is 2. The van der Waals surface area contributed by atoms with Gasteiger partial charge in [-0.1, -0.05) is 23.2 Å². The number of carbonyl (C=O) groups is 2. The Bertz CT molecular complexity index is 604. The molecule has 120 valence electrons. The van der Waals surface area contributed by atoms with Crippen molar-refractivity contribution >= 4 is 46.8 Å². The van der Waals surface area contributed by atoms with Gasteiger partial charge in [-0.05, 0) is 32.9 Å². The zero-order chi connectivity index (χ0) is 16.5. The Kier molecular flexibility index (Phi) is 5.25. The fourth-order valence-electron chi connectivity index (χ4n) is 2.02. The van der Waals surface area contributed by atoms with E-state index in [-0.39, 0.29) is 33.2 Å². The van der Waals surface area contributed by atoms with Gasteiger partial charge in [0.15, 0.2) is 0 Å². The zero-order valence-electron chi connectivity index (χ0n) is 12.5. The highest BCUT2D eigenvalue weighted by Crippen LogP contribution is 2.26. The van der Waals surface area contributed by atoms with Crippen molar-refractivity contribution in [3.05, 3.63) is 28.0 Å². The molecule has 5 nitrogen and oxygen atoms in total. The van der Waals surface area contributed by atoms with Crippen LogP contribution in [0, 0.1) is 0 Å². The molecule has 1 atom stereocenters.